The normalized spacial score (nSPS) is 10.8. The fourth-order valence-corrected chi connectivity index (χ4v) is 3.87. The second kappa shape index (κ2) is 11.0. The third-order valence-corrected chi connectivity index (χ3v) is 5.65. The zero-order valence-corrected chi connectivity index (χ0v) is 18.0. The van der Waals surface area contributed by atoms with Gasteiger partial charge in [0, 0.05) is 35.0 Å². The van der Waals surface area contributed by atoms with Gasteiger partial charge in [-0.25, -0.2) is 0 Å². The summed E-state index contributed by atoms with van der Waals surface area (Å²) in [7, 11) is 0. The van der Waals surface area contributed by atoms with Crippen molar-refractivity contribution in [1.29, 1.82) is 0 Å². The first kappa shape index (κ1) is 21.4. The summed E-state index contributed by atoms with van der Waals surface area (Å²) in [4.78, 5) is 11.9. The summed E-state index contributed by atoms with van der Waals surface area (Å²) in [5.41, 5.74) is 1.95. The van der Waals surface area contributed by atoms with Crippen molar-refractivity contribution in [3.05, 3.63) is 59.6 Å². The first-order chi connectivity index (χ1) is 14.2. The van der Waals surface area contributed by atoms with E-state index >= 15 is 0 Å². The van der Waals surface area contributed by atoms with Crippen molar-refractivity contribution < 1.29 is 4.79 Å². The number of thioether (sulfide) groups is 1. The summed E-state index contributed by atoms with van der Waals surface area (Å²) in [6.45, 7) is 2.87. The summed E-state index contributed by atoms with van der Waals surface area (Å²) in [5, 5.41) is 13.3. The van der Waals surface area contributed by atoms with E-state index in [9.17, 15) is 4.79 Å². The first-order valence-corrected chi connectivity index (χ1v) is 11.2. The molecule has 29 heavy (non-hydrogen) atoms. The van der Waals surface area contributed by atoms with Crippen LogP contribution in [0.15, 0.2) is 59.8 Å². The highest BCUT2D eigenvalue weighted by Gasteiger charge is 2.16. The maximum atomic E-state index is 11.9. The number of halogens is 1. The summed E-state index contributed by atoms with van der Waals surface area (Å²) < 4.78 is 2.05. The summed E-state index contributed by atoms with van der Waals surface area (Å²) in [6, 6.07) is 17.6. The average Bonchev–Trinajstić information content (AvgIpc) is 3.16. The van der Waals surface area contributed by atoms with Gasteiger partial charge < -0.3 is 5.32 Å². The Morgan fingerprint density at radius 3 is 2.55 bits per heavy atom. The van der Waals surface area contributed by atoms with Crippen molar-refractivity contribution in [1.82, 2.24) is 20.1 Å². The third-order valence-electron chi connectivity index (χ3n) is 4.38. The molecular formula is C22H25ClN4OS. The highest BCUT2D eigenvalue weighted by molar-refractivity contribution is 7.99. The molecule has 0 aliphatic heterocycles. The number of nitrogens with one attached hydrogen (secondary N) is 1. The zero-order valence-electron chi connectivity index (χ0n) is 16.5. The van der Waals surface area contributed by atoms with Gasteiger partial charge in [-0.05, 0) is 49.2 Å². The minimum Gasteiger partial charge on any atom is -0.356 e. The maximum Gasteiger partial charge on any atom is 0.220 e. The number of rotatable bonds is 10. The molecule has 0 saturated heterocycles. The van der Waals surface area contributed by atoms with Crippen LogP contribution in [-0.2, 0) is 4.79 Å². The number of hydrogen-bond acceptors (Lipinski definition) is 4. The Hall–Kier alpha value is -2.31. The van der Waals surface area contributed by atoms with E-state index in [0.717, 1.165) is 53.8 Å². The van der Waals surface area contributed by atoms with Crippen molar-refractivity contribution in [3.8, 4) is 17.1 Å². The van der Waals surface area contributed by atoms with Crippen molar-refractivity contribution in [3.63, 3.8) is 0 Å². The highest BCUT2D eigenvalue weighted by Crippen LogP contribution is 2.29. The van der Waals surface area contributed by atoms with E-state index in [0.29, 0.717) is 11.4 Å². The Morgan fingerprint density at radius 1 is 1.07 bits per heavy atom. The minimum atomic E-state index is 0.116. The topological polar surface area (TPSA) is 59.8 Å². The van der Waals surface area contributed by atoms with Crippen LogP contribution in [0, 0.1) is 0 Å². The second-order valence-corrected chi connectivity index (χ2v) is 8.14. The lowest BCUT2D eigenvalue weighted by Gasteiger charge is -2.10. The second-order valence-electron chi connectivity index (χ2n) is 6.64. The fourth-order valence-electron chi connectivity index (χ4n) is 2.85. The van der Waals surface area contributed by atoms with E-state index in [1.807, 2.05) is 54.6 Å². The highest BCUT2D eigenvalue weighted by atomic mass is 35.5. The molecule has 0 radical (unpaired) electrons. The van der Waals surface area contributed by atoms with Crippen LogP contribution in [0.1, 0.15) is 32.6 Å². The molecular weight excluding hydrogens is 404 g/mol. The Bertz CT molecular complexity index is 912. The summed E-state index contributed by atoms with van der Waals surface area (Å²) >= 11 is 7.65. The molecule has 0 aliphatic carbocycles. The molecule has 3 aromatic rings. The smallest absolute Gasteiger partial charge is 0.220 e. The molecule has 0 unspecified atom stereocenters. The Labute approximate surface area is 180 Å². The quantitative estimate of drug-likeness (QED) is 0.348. The van der Waals surface area contributed by atoms with Gasteiger partial charge >= 0.3 is 0 Å². The van der Waals surface area contributed by atoms with Crippen LogP contribution in [0.2, 0.25) is 5.02 Å². The standard InChI is InChI=1S/C22H25ClN4OS/c1-2-3-15-24-20(28)10-7-16-29-22-26-25-21(17-11-13-18(23)14-12-17)27(22)19-8-5-4-6-9-19/h4-6,8-9,11-14H,2-3,7,10,15-16H2,1H3,(H,24,28). The number of amides is 1. The van der Waals surface area contributed by atoms with Gasteiger partial charge in [-0.1, -0.05) is 54.9 Å². The van der Waals surface area contributed by atoms with Crippen LogP contribution in [0.25, 0.3) is 17.1 Å². The molecule has 152 valence electrons. The van der Waals surface area contributed by atoms with Gasteiger partial charge in [0.25, 0.3) is 0 Å². The molecule has 1 N–H and O–H groups in total. The van der Waals surface area contributed by atoms with E-state index in [1.165, 1.54) is 0 Å². The van der Waals surface area contributed by atoms with Gasteiger partial charge in [-0.15, -0.1) is 10.2 Å². The monoisotopic (exact) mass is 428 g/mol. The van der Waals surface area contributed by atoms with Gasteiger partial charge in [-0.2, -0.15) is 0 Å². The van der Waals surface area contributed by atoms with Gasteiger partial charge in [0.1, 0.15) is 0 Å². The van der Waals surface area contributed by atoms with E-state index in [4.69, 9.17) is 11.6 Å². The predicted molar refractivity (Wildman–Crippen MR) is 120 cm³/mol. The number of benzene rings is 2. The fraction of sp³-hybridized carbons (Fsp3) is 0.318. The number of carbonyl (C=O) groups excluding carboxylic acids is 1. The molecule has 1 aromatic heterocycles. The van der Waals surface area contributed by atoms with E-state index in [1.54, 1.807) is 11.8 Å². The number of carbonyl (C=O) groups is 1. The molecule has 7 heteroatoms. The molecule has 0 spiro atoms. The van der Waals surface area contributed by atoms with Crippen molar-refractivity contribution in [2.75, 3.05) is 12.3 Å². The Kier molecular flexibility index (Phi) is 8.14. The molecule has 0 saturated carbocycles. The molecule has 5 nitrogen and oxygen atoms in total. The van der Waals surface area contributed by atoms with Crippen LogP contribution in [0.3, 0.4) is 0 Å². The minimum absolute atomic E-state index is 0.116. The number of unbranched alkanes of at least 4 members (excludes halogenated alkanes) is 1. The Morgan fingerprint density at radius 2 is 1.83 bits per heavy atom. The van der Waals surface area contributed by atoms with Crippen LogP contribution in [0.4, 0.5) is 0 Å². The van der Waals surface area contributed by atoms with Crippen LogP contribution < -0.4 is 5.32 Å². The summed E-state index contributed by atoms with van der Waals surface area (Å²) in [5.74, 6) is 1.69. The first-order valence-electron chi connectivity index (χ1n) is 9.85. The molecule has 1 heterocycles. The number of hydrogen-bond donors (Lipinski definition) is 1. The predicted octanol–water partition coefficient (Wildman–Crippen LogP) is 5.38. The van der Waals surface area contributed by atoms with Gasteiger partial charge in [0.2, 0.25) is 5.91 Å². The molecule has 0 bridgehead atoms. The molecule has 0 atom stereocenters. The molecule has 1 amide bonds. The lowest BCUT2D eigenvalue weighted by Crippen LogP contribution is -2.24. The van der Waals surface area contributed by atoms with Gasteiger partial charge in [0.05, 0.1) is 0 Å². The lowest BCUT2D eigenvalue weighted by molar-refractivity contribution is -0.121. The third kappa shape index (κ3) is 6.08. The average molecular weight is 429 g/mol. The van der Waals surface area contributed by atoms with E-state index in [-0.39, 0.29) is 5.91 Å². The number of nitrogens with zero attached hydrogens (tertiary/aromatic N) is 3. The molecule has 2 aromatic carbocycles. The van der Waals surface area contributed by atoms with Crippen LogP contribution >= 0.6 is 23.4 Å². The molecule has 3 rings (SSSR count). The van der Waals surface area contributed by atoms with Gasteiger partial charge in [-0.3, -0.25) is 9.36 Å². The molecule has 0 fully saturated rings. The van der Waals surface area contributed by atoms with Crippen molar-refractivity contribution in [2.45, 2.75) is 37.8 Å². The van der Waals surface area contributed by atoms with Crippen LogP contribution in [-0.4, -0.2) is 33.0 Å². The number of para-hydroxylation sites is 1. The van der Waals surface area contributed by atoms with Crippen LogP contribution in [0.5, 0.6) is 0 Å². The van der Waals surface area contributed by atoms with E-state index in [2.05, 4.69) is 27.0 Å². The molecule has 0 aliphatic rings. The summed E-state index contributed by atoms with van der Waals surface area (Å²) in [6.07, 6.45) is 3.43. The zero-order chi connectivity index (χ0) is 20.5. The maximum absolute atomic E-state index is 11.9. The lowest BCUT2D eigenvalue weighted by atomic mass is 10.2. The van der Waals surface area contributed by atoms with Gasteiger partial charge in [0.15, 0.2) is 11.0 Å². The van der Waals surface area contributed by atoms with Crippen molar-refractivity contribution in [2.24, 2.45) is 0 Å². The van der Waals surface area contributed by atoms with Crippen molar-refractivity contribution >= 4 is 29.3 Å². The number of aromatic nitrogens is 3. The van der Waals surface area contributed by atoms with E-state index < -0.39 is 0 Å². The Balaban J connectivity index is 1.70. The SMILES string of the molecule is CCCCNC(=O)CCCSc1nnc(-c2ccc(Cl)cc2)n1-c1ccccc1. The largest absolute Gasteiger partial charge is 0.356 e.